The first-order valence-electron chi connectivity index (χ1n) is 14.9. The highest BCUT2D eigenvalue weighted by atomic mass is 28.2. The van der Waals surface area contributed by atoms with Gasteiger partial charge in [0.2, 0.25) is 0 Å². The topological polar surface area (TPSA) is 0 Å². The average molecular weight is 599 g/mol. The lowest BCUT2D eigenvalue weighted by Crippen LogP contribution is -2.50. The summed E-state index contributed by atoms with van der Waals surface area (Å²) in [5.41, 5.74) is 6.42. The molecule has 0 amide bonds. The molecule has 0 aliphatic carbocycles. The van der Waals surface area contributed by atoms with Crippen LogP contribution < -0.4 is 0 Å². The lowest BCUT2D eigenvalue weighted by Gasteiger charge is -2.46. The Hall–Kier alpha value is -4.67. The van der Waals surface area contributed by atoms with E-state index in [0.29, 0.717) is 11.1 Å². The lowest BCUT2D eigenvalue weighted by atomic mass is 9.80. The molecule has 0 bridgehead atoms. The van der Waals surface area contributed by atoms with Crippen LogP contribution in [0.25, 0.3) is 0 Å². The first-order chi connectivity index (χ1) is 21.4. The van der Waals surface area contributed by atoms with Crippen molar-refractivity contribution in [3.63, 3.8) is 0 Å². The second-order valence-corrected chi connectivity index (χ2v) is 13.7. The van der Waals surface area contributed by atoms with Crippen LogP contribution in [0.3, 0.4) is 0 Å². The molecule has 0 saturated carbocycles. The molecule has 0 N–H and O–H groups in total. The number of hydrogen-bond acceptors (Lipinski definition) is 0. The van der Waals surface area contributed by atoms with Gasteiger partial charge in [-0.25, -0.2) is 0 Å². The Morgan fingerprint density at radius 3 is 1.00 bits per heavy atom. The lowest BCUT2D eigenvalue weighted by molar-refractivity contribution is -0.127. The SMILES string of the molecule is FC(F)(F)Cc1ccccc1C([SiH2]C(c1ccccc1)(c1ccccc1)c1ccccc1)(c1ccccc1)c1ccccc1. The van der Waals surface area contributed by atoms with Gasteiger partial charge in [-0.2, -0.15) is 13.2 Å². The minimum Gasteiger partial charge on any atom is -0.171 e. The molecular formula is C40H33F3Si. The zero-order chi connectivity index (χ0) is 30.5. The van der Waals surface area contributed by atoms with Gasteiger partial charge in [0.15, 0.2) is 0 Å². The van der Waals surface area contributed by atoms with Crippen LogP contribution in [0.1, 0.15) is 38.9 Å². The van der Waals surface area contributed by atoms with Crippen molar-refractivity contribution in [3.8, 4) is 0 Å². The van der Waals surface area contributed by atoms with Gasteiger partial charge in [0, 0.05) is 10.1 Å². The Balaban J connectivity index is 1.78. The van der Waals surface area contributed by atoms with Gasteiger partial charge in [0.25, 0.3) is 0 Å². The highest BCUT2D eigenvalue weighted by molar-refractivity contribution is 6.49. The van der Waals surface area contributed by atoms with E-state index in [9.17, 15) is 13.2 Å². The summed E-state index contributed by atoms with van der Waals surface area (Å²) in [4.78, 5) is 0. The second-order valence-electron chi connectivity index (χ2n) is 11.3. The van der Waals surface area contributed by atoms with Crippen molar-refractivity contribution < 1.29 is 13.2 Å². The van der Waals surface area contributed by atoms with Crippen LogP contribution in [-0.4, -0.2) is 15.7 Å². The molecule has 0 atom stereocenters. The average Bonchev–Trinajstić information content (AvgIpc) is 3.07. The van der Waals surface area contributed by atoms with Gasteiger partial charge in [-0.1, -0.05) is 176 Å². The molecule has 0 spiro atoms. The van der Waals surface area contributed by atoms with E-state index in [1.54, 1.807) is 12.1 Å². The molecule has 6 rings (SSSR count). The highest BCUT2D eigenvalue weighted by Gasteiger charge is 2.49. The van der Waals surface area contributed by atoms with E-state index in [1.165, 1.54) is 0 Å². The molecule has 6 aromatic carbocycles. The second kappa shape index (κ2) is 12.5. The summed E-state index contributed by atoms with van der Waals surface area (Å²) in [6.45, 7) is 0. The molecular weight excluding hydrogens is 566 g/mol. The van der Waals surface area contributed by atoms with Gasteiger partial charge in [-0.3, -0.25) is 0 Å². The van der Waals surface area contributed by atoms with E-state index in [4.69, 9.17) is 0 Å². The van der Waals surface area contributed by atoms with Crippen LogP contribution >= 0.6 is 0 Å². The molecule has 6 aromatic rings. The number of benzene rings is 6. The molecule has 0 radical (unpaired) electrons. The van der Waals surface area contributed by atoms with Crippen LogP contribution in [-0.2, 0) is 16.5 Å². The first-order valence-corrected chi connectivity index (χ1v) is 16.3. The van der Waals surface area contributed by atoms with E-state index in [-0.39, 0.29) is 0 Å². The van der Waals surface area contributed by atoms with E-state index in [1.807, 2.05) is 66.7 Å². The maximum atomic E-state index is 14.3. The van der Waals surface area contributed by atoms with Crippen molar-refractivity contribution in [2.45, 2.75) is 22.7 Å². The zero-order valence-electron chi connectivity index (χ0n) is 24.3. The van der Waals surface area contributed by atoms with Gasteiger partial charge in [-0.15, -0.1) is 0 Å². The van der Waals surface area contributed by atoms with Gasteiger partial charge < -0.3 is 0 Å². The van der Waals surface area contributed by atoms with E-state index in [0.717, 1.165) is 27.8 Å². The molecule has 0 fully saturated rings. The summed E-state index contributed by atoms with van der Waals surface area (Å²) in [5.74, 6) is 0. The van der Waals surface area contributed by atoms with Crippen molar-refractivity contribution in [2.24, 2.45) is 0 Å². The maximum Gasteiger partial charge on any atom is 0.393 e. The Morgan fingerprint density at radius 1 is 0.364 bits per heavy atom. The largest absolute Gasteiger partial charge is 0.393 e. The maximum absolute atomic E-state index is 14.3. The molecule has 218 valence electrons. The minimum atomic E-state index is -4.36. The summed E-state index contributed by atoms with van der Waals surface area (Å²) in [7, 11) is -1.61. The van der Waals surface area contributed by atoms with Crippen LogP contribution in [0.5, 0.6) is 0 Å². The standard InChI is InChI=1S/C40H33F3Si/c41-38(42,43)30-31-18-16-17-29-37(31)40(35-25-12-4-13-26-35,36-27-14-5-15-28-36)44-39(32-19-6-1-7-20-32,33-21-8-2-9-22-33)34-23-10-3-11-24-34/h1-29H,30,44H2. The molecule has 0 nitrogen and oxygen atoms in total. The Bertz CT molecular complexity index is 1630. The van der Waals surface area contributed by atoms with Crippen LogP contribution in [0.2, 0.25) is 0 Å². The number of alkyl halides is 3. The molecule has 0 saturated heterocycles. The van der Waals surface area contributed by atoms with Crippen LogP contribution in [0.4, 0.5) is 13.2 Å². The number of hydrogen-bond donors (Lipinski definition) is 0. The van der Waals surface area contributed by atoms with E-state index >= 15 is 0 Å². The van der Waals surface area contributed by atoms with Gasteiger partial charge in [0.05, 0.1) is 15.9 Å². The molecule has 4 heteroatoms. The Labute approximate surface area is 259 Å². The number of rotatable bonds is 9. The summed E-state index contributed by atoms with van der Waals surface area (Å²) in [6, 6.07) is 59.0. The predicted octanol–water partition coefficient (Wildman–Crippen LogP) is 9.24. The summed E-state index contributed by atoms with van der Waals surface area (Å²) in [5, 5.41) is -1.42. The molecule has 44 heavy (non-hydrogen) atoms. The third-order valence-electron chi connectivity index (χ3n) is 8.73. The van der Waals surface area contributed by atoms with Crippen LogP contribution in [0, 0.1) is 0 Å². The third-order valence-corrected chi connectivity index (χ3v) is 12.2. The summed E-state index contributed by atoms with van der Waals surface area (Å²) < 4.78 is 42.8. The van der Waals surface area contributed by atoms with Gasteiger partial charge in [-0.05, 0) is 38.9 Å². The Kier molecular flexibility index (Phi) is 8.36. The smallest absolute Gasteiger partial charge is 0.171 e. The van der Waals surface area contributed by atoms with E-state index in [2.05, 4.69) is 97.1 Å². The fourth-order valence-corrected chi connectivity index (χ4v) is 10.4. The molecule has 0 aliphatic heterocycles. The highest BCUT2D eigenvalue weighted by Crippen LogP contribution is 2.49. The predicted molar refractivity (Wildman–Crippen MR) is 177 cm³/mol. The normalized spacial score (nSPS) is 12.4. The van der Waals surface area contributed by atoms with Crippen LogP contribution in [0.15, 0.2) is 176 Å². The monoisotopic (exact) mass is 598 g/mol. The Morgan fingerprint density at radius 2 is 0.659 bits per heavy atom. The van der Waals surface area contributed by atoms with Crippen molar-refractivity contribution in [1.82, 2.24) is 0 Å². The van der Waals surface area contributed by atoms with Crippen molar-refractivity contribution in [2.75, 3.05) is 0 Å². The van der Waals surface area contributed by atoms with Crippen molar-refractivity contribution >= 4 is 9.52 Å². The summed E-state index contributed by atoms with van der Waals surface area (Å²) >= 11 is 0. The minimum absolute atomic E-state index is 0.309. The van der Waals surface area contributed by atoms with Gasteiger partial charge in [0.1, 0.15) is 0 Å². The van der Waals surface area contributed by atoms with E-state index < -0.39 is 32.2 Å². The van der Waals surface area contributed by atoms with Crippen molar-refractivity contribution in [1.29, 1.82) is 0 Å². The summed E-state index contributed by atoms with van der Waals surface area (Å²) in [6.07, 6.45) is -5.35. The fourth-order valence-electron chi connectivity index (χ4n) is 6.90. The number of halogens is 3. The fraction of sp³-hybridized carbons (Fsp3) is 0.100. The first kappa shape index (κ1) is 29.4. The molecule has 0 heterocycles. The van der Waals surface area contributed by atoms with Crippen molar-refractivity contribution in [3.05, 3.63) is 215 Å². The molecule has 0 unspecified atom stereocenters. The zero-order valence-corrected chi connectivity index (χ0v) is 25.7. The van der Waals surface area contributed by atoms with Gasteiger partial charge >= 0.3 is 6.18 Å². The molecule has 0 aliphatic rings. The molecule has 0 aromatic heterocycles. The third kappa shape index (κ3) is 5.66. The quantitative estimate of drug-likeness (QED) is 0.115.